The van der Waals surface area contributed by atoms with Crippen LogP contribution in [0, 0.1) is 6.92 Å². The molecule has 0 N–H and O–H groups in total. The van der Waals surface area contributed by atoms with E-state index in [1.54, 1.807) is 0 Å². The number of piperazine rings is 1. The molecule has 6 heteroatoms. The zero-order valence-electron chi connectivity index (χ0n) is 19.8. The molecule has 178 valence electrons. The highest BCUT2D eigenvalue weighted by molar-refractivity contribution is 6.30. The van der Waals surface area contributed by atoms with Gasteiger partial charge in [0.25, 0.3) is 5.91 Å². The van der Waals surface area contributed by atoms with Crippen LogP contribution in [0.1, 0.15) is 34.0 Å². The number of halogens is 1. The molecule has 0 bridgehead atoms. The number of ether oxygens (including phenoxy) is 2. The SMILES string of the molecule is CCOc1ccc(C(=O)N2CCN(c3cc(Cl)ccc3C)CC2)cc1COCc1ccccc1. The highest BCUT2D eigenvalue weighted by atomic mass is 35.5. The van der Waals surface area contributed by atoms with Crippen molar-refractivity contribution in [1.29, 1.82) is 0 Å². The van der Waals surface area contributed by atoms with Crippen LogP contribution in [0.25, 0.3) is 0 Å². The Kier molecular flexibility index (Phi) is 8.09. The predicted molar refractivity (Wildman–Crippen MR) is 137 cm³/mol. The van der Waals surface area contributed by atoms with Gasteiger partial charge in [-0.05, 0) is 55.3 Å². The van der Waals surface area contributed by atoms with Crippen LogP contribution in [0.15, 0.2) is 66.7 Å². The van der Waals surface area contributed by atoms with E-state index in [0.29, 0.717) is 38.5 Å². The Balaban J connectivity index is 1.41. The quantitative estimate of drug-likeness (QED) is 0.415. The molecule has 3 aromatic carbocycles. The molecule has 1 aliphatic heterocycles. The van der Waals surface area contributed by atoms with Crippen LogP contribution < -0.4 is 9.64 Å². The summed E-state index contributed by atoms with van der Waals surface area (Å²) in [6, 6.07) is 21.6. The number of carbonyl (C=O) groups excluding carboxylic acids is 1. The molecular formula is C28H31ClN2O3. The normalized spacial score (nSPS) is 13.7. The molecule has 0 aromatic heterocycles. The van der Waals surface area contributed by atoms with Crippen molar-refractivity contribution < 1.29 is 14.3 Å². The van der Waals surface area contributed by atoms with Gasteiger partial charge >= 0.3 is 0 Å². The van der Waals surface area contributed by atoms with E-state index < -0.39 is 0 Å². The summed E-state index contributed by atoms with van der Waals surface area (Å²) >= 11 is 6.20. The van der Waals surface area contributed by atoms with E-state index in [1.165, 1.54) is 5.56 Å². The molecule has 0 saturated carbocycles. The van der Waals surface area contributed by atoms with Gasteiger partial charge in [-0.25, -0.2) is 0 Å². The number of benzene rings is 3. The van der Waals surface area contributed by atoms with Crippen molar-refractivity contribution >= 4 is 23.2 Å². The summed E-state index contributed by atoms with van der Waals surface area (Å²) in [5, 5.41) is 0.732. The fourth-order valence-electron chi connectivity index (χ4n) is 4.23. The summed E-state index contributed by atoms with van der Waals surface area (Å²) in [4.78, 5) is 17.5. The Morgan fingerprint density at radius 2 is 1.71 bits per heavy atom. The van der Waals surface area contributed by atoms with Crippen molar-refractivity contribution in [2.75, 3.05) is 37.7 Å². The molecule has 0 unspecified atom stereocenters. The standard InChI is InChI=1S/C28H31ClN2O3/c1-3-34-27-12-10-23(17-24(27)20-33-19-22-7-5-4-6-8-22)28(32)31-15-13-30(14-16-31)26-18-25(29)11-9-21(26)2/h4-12,17-18H,3,13-16,19-20H2,1-2H3. The van der Waals surface area contributed by atoms with Crippen molar-refractivity contribution in [3.8, 4) is 5.75 Å². The third-order valence-electron chi connectivity index (χ3n) is 6.06. The highest BCUT2D eigenvalue weighted by Crippen LogP contribution is 2.27. The van der Waals surface area contributed by atoms with E-state index in [9.17, 15) is 4.79 Å². The molecule has 34 heavy (non-hydrogen) atoms. The predicted octanol–water partition coefficient (Wildman–Crippen LogP) is 5.73. The maximum absolute atomic E-state index is 13.3. The summed E-state index contributed by atoms with van der Waals surface area (Å²) in [5.74, 6) is 0.795. The average Bonchev–Trinajstić information content (AvgIpc) is 2.87. The van der Waals surface area contributed by atoms with Crippen LogP contribution in [0.2, 0.25) is 5.02 Å². The fourth-order valence-corrected chi connectivity index (χ4v) is 4.40. The van der Waals surface area contributed by atoms with Crippen molar-refractivity contribution in [2.45, 2.75) is 27.1 Å². The van der Waals surface area contributed by atoms with Gasteiger partial charge in [0, 0.05) is 48.0 Å². The van der Waals surface area contributed by atoms with Crippen LogP contribution in [0.3, 0.4) is 0 Å². The number of anilines is 1. The molecule has 0 atom stereocenters. The zero-order valence-corrected chi connectivity index (χ0v) is 20.6. The van der Waals surface area contributed by atoms with Crippen molar-refractivity contribution in [2.24, 2.45) is 0 Å². The molecule has 4 rings (SSSR count). The van der Waals surface area contributed by atoms with Gasteiger partial charge < -0.3 is 19.3 Å². The molecule has 5 nitrogen and oxygen atoms in total. The minimum atomic E-state index is 0.0369. The molecule has 1 fully saturated rings. The smallest absolute Gasteiger partial charge is 0.253 e. The zero-order chi connectivity index (χ0) is 23.9. The van der Waals surface area contributed by atoms with Gasteiger partial charge in [-0.3, -0.25) is 4.79 Å². The van der Waals surface area contributed by atoms with E-state index in [-0.39, 0.29) is 5.91 Å². The number of rotatable bonds is 8. The van der Waals surface area contributed by atoms with Crippen molar-refractivity contribution in [3.05, 3.63) is 94.0 Å². The second kappa shape index (κ2) is 11.4. The first-order valence-electron chi connectivity index (χ1n) is 11.7. The van der Waals surface area contributed by atoms with Crippen LogP contribution in [-0.4, -0.2) is 43.6 Å². The van der Waals surface area contributed by atoms with E-state index in [0.717, 1.165) is 40.7 Å². The number of nitrogens with zero attached hydrogens (tertiary/aromatic N) is 2. The highest BCUT2D eigenvalue weighted by Gasteiger charge is 2.24. The number of amides is 1. The molecule has 0 aliphatic carbocycles. The van der Waals surface area contributed by atoms with E-state index in [2.05, 4.69) is 11.8 Å². The van der Waals surface area contributed by atoms with Crippen molar-refractivity contribution in [1.82, 2.24) is 4.90 Å². The lowest BCUT2D eigenvalue weighted by atomic mass is 10.1. The molecule has 1 aliphatic rings. The molecule has 1 saturated heterocycles. The van der Waals surface area contributed by atoms with Crippen LogP contribution >= 0.6 is 11.6 Å². The molecule has 1 heterocycles. The summed E-state index contributed by atoms with van der Waals surface area (Å²) in [5.41, 5.74) is 4.99. The first-order chi connectivity index (χ1) is 16.5. The van der Waals surface area contributed by atoms with Gasteiger partial charge in [0.1, 0.15) is 5.75 Å². The lowest BCUT2D eigenvalue weighted by Crippen LogP contribution is -2.49. The summed E-state index contributed by atoms with van der Waals surface area (Å²) < 4.78 is 11.7. The monoisotopic (exact) mass is 478 g/mol. The molecule has 1 amide bonds. The van der Waals surface area contributed by atoms with E-state index in [1.807, 2.05) is 78.6 Å². The molecule has 0 spiro atoms. The number of aryl methyl sites for hydroxylation is 1. The Labute approximate surface area is 206 Å². The molecule has 0 radical (unpaired) electrons. The molecular weight excluding hydrogens is 448 g/mol. The minimum Gasteiger partial charge on any atom is -0.494 e. The minimum absolute atomic E-state index is 0.0369. The first-order valence-corrected chi connectivity index (χ1v) is 12.1. The topological polar surface area (TPSA) is 42.0 Å². The van der Waals surface area contributed by atoms with Crippen LogP contribution in [-0.2, 0) is 18.0 Å². The second-order valence-corrected chi connectivity index (χ2v) is 8.88. The van der Waals surface area contributed by atoms with Gasteiger partial charge in [-0.15, -0.1) is 0 Å². The summed E-state index contributed by atoms with van der Waals surface area (Å²) in [6.07, 6.45) is 0. The maximum Gasteiger partial charge on any atom is 0.253 e. The molecule has 3 aromatic rings. The Bertz CT molecular complexity index is 1110. The largest absolute Gasteiger partial charge is 0.494 e. The third-order valence-corrected chi connectivity index (χ3v) is 6.29. The van der Waals surface area contributed by atoms with Gasteiger partial charge in [-0.2, -0.15) is 0 Å². The second-order valence-electron chi connectivity index (χ2n) is 8.44. The van der Waals surface area contributed by atoms with Gasteiger partial charge in [0.2, 0.25) is 0 Å². The summed E-state index contributed by atoms with van der Waals surface area (Å²) in [7, 11) is 0. The van der Waals surface area contributed by atoms with Gasteiger partial charge in [0.15, 0.2) is 0 Å². The lowest BCUT2D eigenvalue weighted by Gasteiger charge is -2.37. The fraction of sp³-hybridized carbons (Fsp3) is 0.321. The Hall–Kier alpha value is -3.02. The van der Waals surface area contributed by atoms with Gasteiger partial charge in [0.05, 0.1) is 19.8 Å². The number of hydrogen-bond acceptors (Lipinski definition) is 4. The van der Waals surface area contributed by atoms with E-state index >= 15 is 0 Å². The Morgan fingerprint density at radius 3 is 2.44 bits per heavy atom. The first kappa shape index (κ1) is 24.1. The Morgan fingerprint density at radius 1 is 0.941 bits per heavy atom. The maximum atomic E-state index is 13.3. The summed E-state index contributed by atoms with van der Waals surface area (Å²) in [6.45, 7) is 8.37. The average molecular weight is 479 g/mol. The van der Waals surface area contributed by atoms with Crippen molar-refractivity contribution in [3.63, 3.8) is 0 Å². The number of hydrogen-bond donors (Lipinski definition) is 0. The number of carbonyl (C=O) groups is 1. The van der Waals surface area contributed by atoms with Crippen LogP contribution in [0.5, 0.6) is 5.75 Å². The lowest BCUT2D eigenvalue weighted by molar-refractivity contribution is 0.0745. The van der Waals surface area contributed by atoms with Gasteiger partial charge in [-0.1, -0.05) is 48.0 Å². The third kappa shape index (κ3) is 5.91. The van der Waals surface area contributed by atoms with Crippen LogP contribution in [0.4, 0.5) is 5.69 Å². The van der Waals surface area contributed by atoms with E-state index in [4.69, 9.17) is 21.1 Å².